The number of carbonyl (C=O) groups is 2. The van der Waals surface area contributed by atoms with Crippen LogP contribution in [0.3, 0.4) is 0 Å². The summed E-state index contributed by atoms with van der Waals surface area (Å²) in [6.07, 6.45) is 2.43. The Labute approximate surface area is 138 Å². The molecule has 2 amide bonds. The van der Waals surface area contributed by atoms with Crippen molar-refractivity contribution in [2.45, 2.75) is 56.0 Å². The van der Waals surface area contributed by atoms with Gasteiger partial charge in [-0.3, -0.25) is 8.98 Å². The molecule has 0 aliphatic carbocycles. The van der Waals surface area contributed by atoms with Crippen LogP contribution >= 0.6 is 24.1 Å². The zero-order chi connectivity index (χ0) is 15.9. The van der Waals surface area contributed by atoms with Crippen LogP contribution in [0.2, 0.25) is 0 Å². The van der Waals surface area contributed by atoms with E-state index in [1.807, 2.05) is 11.8 Å². The molecular formula is C13H22N2O5S2. The summed E-state index contributed by atoms with van der Waals surface area (Å²) in [5, 5.41) is 15.3. The molecule has 2 rings (SSSR count). The van der Waals surface area contributed by atoms with Gasteiger partial charge in [-0.15, -0.1) is 0 Å². The number of thioether (sulfide) groups is 1. The van der Waals surface area contributed by atoms with Crippen molar-refractivity contribution in [1.29, 1.82) is 0 Å². The fourth-order valence-electron chi connectivity index (χ4n) is 2.49. The van der Waals surface area contributed by atoms with Crippen LogP contribution in [0.4, 0.5) is 4.79 Å². The van der Waals surface area contributed by atoms with Crippen LogP contribution in [0.25, 0.3) is 0 Å². The highest BCUT2D eigenvalue weighted by Gasteiger charge is 2.42. The van der Waals surface area contributed by atoms with Gasteiger partial charge >= 0.3 is 12.0 Å². The molecule has 2 aliphatic rings. The van der Waals surface area contributed by atoms with Gasteiger partial charge in [-0.2, -0.15) is 11.8 Å². The van der Waals surface area contributed by atoms with Crippen molar-refractivity contribution in [3.8, 4) is 0 Å². The van der Waals surface area contributed by atoms with Crippen LogP contribution in [0, 0.1) is 0 Å². The van der Waals surface area contributed by atoms with Crippen molar-refractivity contribution in [2.24, 2.45) is 0 Å². The van der Waals surface area contributed by atoms with E-state index < -0.39 is 6.10 Å². The molecule has 1 unspecified atom stereocenters. The monoisotopic (exact) mass is 350 g/mol. The molecule has 2 aliphatic heterocycles. The van der Waals surface area contributed by atoms with Gasteiger partial charge in [0.1, 0.15) is 0 Å². The summed E-state index contributed by atoms with van der Waals surface area (Å²) < 4.78 is 9.70. The smallest absolute Gasteiger partial charge is 0.319 e. The lowest BCUT2D eigenvalue weighted by Gasteiger charge is -2.16. The van der Waals surface area contributed by atoms with Gasteiger partial charge in [0.15, 0.2) is 0 Å². The molecule has 0 spiro atoms. The van der Waals surface area contributed by atoms with Gasteiger partial charge in [0.05, 0.1) is 24.8 Å². The summed E-state index contributed by atoms with van der Waals surface area (Å²) in [4.78, 5) is 22.7. The minimum atomic E-state index is -0.579. The zero-order valence-corrected chi connectivity index (χ0v) is 14.1. The first kappa shape index (κ1) is 17.7. The molecule has 9 heteroatoms. The lowest BCUT2D eigenvalue weighted by Crippen LogP contribution is -2.36. The Hall–Kier alpha value is -0.640. The molecule has 3 N–H and O–H groups in total. The predicted molar refractivity (Wildman–Crippen MR) is 85.3 cm³/mol. The molecule has 0 bridgehead atoms. The number of hydrogen-bond donors (Lipinski definition) is 3. The van der Waals surface area contributed by atoms with Crippen LogP contribution in [0.5, 0.6) is 0 Å². The Morgan fingerprint density at radius 2 is 2.32 bits per heavy atom. The second-order valence-electron chi connectivity index (χ2n) is 5.52. The summed E-state index contributed by atoms with van der Waals surface area (Å²) in [6, 6.07) is 0.391. The molecule has 0 aromatic carbocycles. The van der Waals surface area contributed by atoms with Gasteiger partial charge in [0.25, 0.3) is 0 Å². The lowest BCUT2D eigenvalue weighted by atomic mass is 10.0. The topological polar surface area (TPSA) is 96.9 Å². The normalized spacial score (nSPS) is 27.9. The first-order valence-electron chi connectivity index (χ1n) is 7.42. The van der Waals surface area contributed by atoms with Gasteiger partial charge in [-0.1, -0.05) is 6.42 Å². The Bertz CT molecular complexity index is 397. The number of hydrogen-bond acceptors (Lipinski definition) is 7. The molecule has 0 saturated carbocycles. The standard InChI is InChI=1S/C13H22N2O5S2/c1-8(16)6-19-22-20-11(17)5-3-2-4-10-12-9(7-21-10)14-13(18)15-12/h8-10,12,16H,2-7H2,1H3,(H2,14,15,18)/t8?,9-,10-,12-/m1/s1. The van der Waals surface area contributed by atoms with Crippen molar-refractivity contribution in [1.82, 2.24) is 10.6 Å². The van der Waals surface area contributed by atoms with Gasteiger partial charge in [-0.25, -0.2) is 4.79 Å². The van der Waals surface area contributed by atoms with E-state index in [2.05, 4.69) is 10.6 Å². The maximum Gasteiger partial charge on any atom is 0.319 e. The summed E-state index contributed by atoms with van der Waals surface area (Å²) in [6.45, 7) is 1.72. The SMILES string of the molecule is CC(O)COSOC(=O)CCCC[C@H]1SC[C@H]2NC(=O)N[C@H]21. The number of fused-ring (bicyclic) bond motifs is 1. The minimum absolute atomic E-state index is 0.0712. The molecular weight excluding hydrogens is 328 g/mol. The van der Waals surface area contributed by atoms with E-state index in [-0.39, 0.29) is 30.7 Å². The second-order valence-corrected chi connectivity index (χ2v) is 7.34. The van der Waals surface area contributed by atoms with Crippen molar-refractivity contribution < 1.29 is 23.1 Å². The van der Waals surface area contributed by atoms with E-state index in [9.17, 15) is 9.59 Å². The van der Waals surface area contributed by atoms with E-state index in [4.69, 9.17) is 13.5 Å². The Kier molecular flexibility index (Phi) is 7.13. The number of urea groups is 1. The van der Waals surface area contributed by atoms with E-state index in [1.54, 1.807) is 6.92 Å². The van der Waals surface area contributed by atoms with Crippen LogP contribution in [-0.2, 0) is 13.2 Å². The summed E-state index contributed by atoms with van der Waals surface area (Å²) in [7, 11) is 0. The highest BCUT2D eigenvalue weighted by molar-refractivity contribution is 8.00. The fourth-order valence-corrected chi connectivity index (χ4v) is 4.49. The van der Waals surface area contributed by atoms with Crippen LogP contribution < -0.4 is 10.6 Å². The predicted octanol–water partition coefficient (Wildman–Crippen LogP) is 1.22. The summed E-state index contributed by atoms with van der Waals surface area (Å²) in [5.74, 6) is 0.635. The molecule has 22 heavy (non-hydrogen) atoms. The number of unbranched alkanes of at least 4 members (excludes halogenated alkanes) is 1. The maximum absolute atomic E-state index is 11.5. The maximum atomic E-state index is 11.5. The van der Waals surface area contributed by atoms with Crippen molar-refractivity contribution >= 4 is 36.1 Å². The first-order chi connectivity index (χ1) is 10.6. The van der Waals surface area contributed by atoms with Crippen molar-refractivity contribution in [3.63, 3.8) is 0 Å². The average Bonchev–Trinajstić information content (AvgIpc) is 2.99. The number of carbonyl (C=O) groups excluding carboxylic acids is 2. The van der Waals surface area contributed by atoms with E-state index >= 15 is 0 Å². The number of nitrogens with one attached hydrogen (secondary N) is 2. The number of aliphatic hydroxyl groups excluding tert-OH is 1. The Morgan fingerprint density at radius 3 is 3.09 bits per heavy atom. The van der Waals surface area contributed by atoms with E-state index in [0.29, 0.717) is 24.0 Å². The third kappa shape index (κ3) is 5.53. The molecule has 0 aromatic heterocycles. The second kappa shape index (κ2) is 8.85. The van der Waals surface area contributed by atoms with Crippen LogP contribution in [0.15, 0.2) is 0 Å². The van der Waals surface area contributed by atoms with Gasteiger partial charge in [0, 0.05) is 17.4 Å². The molecule has 0 aromatic rings. The largest absolute Gasteiger partial charge is 0.391 e. The first-order valence-corrected chi connectivity index (χ1v) is 9.13. The molecule has 4 atom stereocenters. The number of amides is 2. The van der Waals surface area contributed by atoms with Gasteiger partial charge in [0.2, 0.25) is 12.3 Å². The molecule has 2 heterocycles. The summed E-state index contributed by atoms with van der Waals surface area (Å²) >= 11 is 2.49. The zero-order valence-electron chi connectivity index (χ0n) is 12.4. The van der Waals surface area contributed by atoms with E-state index in [0.717, 1.165) is 25.0 Å². The highest BCUT2D eigenvalue weighted by atomic mass is 32.2. The molecule has 2 fully saturated rings. The fraction of sp³-hybridized carbons (Fsp3) is 0.846. The van der Waals surface area contributed by atoms with Gasteiger partial charge < -0.3 is 19.9 Å². The molecule has 2 saturated heterocycles. The van der Waals surface area contributed by atoms with Crippen LogP contribution in [-0.4, -0.2) is 52.9 Å². The van der Waals surface area contributed by atoms with Crippen LogP contribution in [0.1, 0.15) is 32.6 Å². The number of aliphatic hydroxyl groups is 1. The Morgan fingerprint density at radius 1 is 1.50 bits per heavy atom. The quantitative estimate of drug-likeness (QED) is 0.327. The van der Waals surface area contributed by atoms with E-state index in [1.165, 1.54) is 0 Å². The van der Waals surface area contributed by atoms with Crippen molar-refractivity contribution in [2.75, 3.05) is 12.4 Å². The average molecular weight is 350 g/mol. The minimum Gasteiger partial charge on any atom is -0.391 e. The lowest BCUT2D eigenvalue weighted by molar-refractivity contribution is -0.133. The van der Waals surface area contributed by atoms with Gasteiger partial charge in [-0.05, 0) is 19.8 Å². The molecule has 7 nitrogen and oxygen atoms in total. The van der Waals surface area contributed by atoms with Crippen molar-refractivity contribution in [3.05, 3.63) is 0 Å². The highest BCUT2D eigenvalue weighted by Crippen LogP contribution is 2.33. The molecule has 0 radical (unpaired) electrons. The Balaban J connectivity index is 1.50. The third-order valence-electron chi connectivity index (χ3n) is 3.54. The summed E-state index contributed by atoms with van der Waals surface area (Å²) in [5.41, 5.74) is 0. The molecule has 126 valence electrons. The number of rotatable bonds is 9. The third-order valence-corrected chi connectivity index (χ3v) is 5.54.